The van der Waals surface area contributed by atoms with Crippen molar-refractivity contribution in [3.8, 4) is 0 Å². The molecule has 0 saturated carbocycles. The second-order valence-corrected chi connectivity index (χ2v) is 4.96. The van der Waals surface area contributed by atoms with E-state index in [1.807, 2.05) is 0 Å². The summed E-state index contributed by atoms with van der Waals surface area (Å²) in [5.74, 6) is -0.281. The van der Waals surface area contributed by atoms with Crippen LogP contribution in [0.3, 0.4) is 0 Å². The summed E-state index contributed by atoms with van der Waals surface area (Å²) in [5.41, 5.74) is 6.78. The van der Waals surface area contributed by atoms with Crippen molar-refractivity contribution < 1.29 is 4.79 Å². The van der Waals surface area contributed by atoms with Gasteiger partial charge in [-0.3, -0.25) is 4.79 Å². The monoisotopic (exact) mass is 299 g/mol. The Kier molecular flexibility index (Phi) is 3.81. The van der Waals surface area contributed by atoms with Gasteiger partial charge in [-0.25, -0.2) is 0 Å². The minimum atomic E-state index is -0.281. The van der Waals surface area contributed by atoms with E-state index < -0.39 is 0 Å². The van der Waals surface area contributed by atoms with Crippen molar-refractivity contribution in [1.82, 2.24) is 0 Å². The number of nitrogens with two attached hydrogens (primary N) is 1. The maximum Gasteiger partial charge on any atom is 0.196 e. The van der Waals surface area contributed by atoms with Crippen LogP contribution >= 0.6 is 34.8 Å². The summed E-state index contributed by atoms with van der Waals surface area (Å²) in [5, 5.41) is 1.19. The third kappa shape index (κ3) is 2.61. The van der Waals surface area contributed by atoms with Gasteiger partial charge in [-0.15, -0.1) is 0 Å². The lowest BCUT2D eigenvalue weighted by molar-refractivity contribution is 0.103. The average Bonchev–Trinajstić information content (AvgIpc) is 2.31. The fourth-order valence-corrected chi connectivity index (χ4v) is 2.21. The molecule has 0 spiro atoms. The van der Waals surface area contributed by atoms with Crippen molar-refractivity contribution >= 4 is 46.3 Å². The van der Waals surface area contributed by atoms with E-state index in [1.165, 1.54) is 12.1 Å². The Morgan fingerprint density at radius 3 is 2.17 bits per heavy atom. The second-order valence-electron chi connectivity index (χ2n) is 3.68. The van der Waals surface area contributed by atoms with Crippen molar-refractivity contribution in [3.05, 3.63) is 62.6 Å². The predicted molar refractivity (Wildman–Crippen MR) is 75.8 cm³/mol. The van der Waals surface area contributed by atoms with Crippen LogP contribution in [-0.2, 0) is 0 Å². The van der Waals surface area contributed by atoms with Crippen molar-refractivity contribution in [2.75, 3.05) is 5.73 Å². The highest BCUT2D eigenvalue weighted by Gasteiger charge is 2.16. The van der Waals surface area contributed by atoms with E-state index in [2.05, 4.69) is 0 Å². The largest absolute Gasteiger partial charge is 0.398 e. The van der Waals surface area contributed by atoms with Crippen molar-refractivity contribution in [3.63, 3.8) is 0 Å². The zero-order valence-corrected chi connectivity index (χ0v) is 11.4. The first-order valence-corrected chi connectivity index (χ1v) is 6.17. The number of anilines is 1. The Balaban J connectivity index is 2.51. The molecule has 2 aromatic carbocycles. The maximum absolute atomic E-state index is 12.3. The molecule has 0 aliphatic heterocycles. The van der Waals surface area contributed by atoms with Crippen LogP contribution in [-0.4, -0.2) is 5.78 Å². The molecule has 0 radical (unpaired) electrons. The number of rotatable bonds is 2. The molecular weight excluding hydrogens is 293 g/mol. The first kappa shape index (κ1) is 13.2. The lowest BCUT2D eigenvalue weighted by atomic mass is 10.0. The topological polar surface area (TPSA) is 43.1 Å². The highest BCUT2D eigenvalue weighted by Crippen LogP contribution is 2.26. The number of hydrogen-bond acceptors (Lipinski definition) is 2. The zero-order chi connectivity index (χ0) is 13.3. The summed E-state index contributed by atoms with van der Waals surface area (Å²) in [6.45, 7) is 0. The van der Waals surface area contributed by atoms with Gasteiger partial charge in [0.15, 0.2) is 5.78 Å². The van der Waals surface area contributed by atoms with Gasteiger partial charge in [0.05, 0.1) is 5.02 Å². The first-order chi connectivity index (χ1) is 8.49. The molecule has 0 bridgehead atoms. The molecule has 0 unspecified atom stereocenters. The van der Waals surface area contributed by atoms with E-state index >= 15 is 0 Å². The first-order valence-electron chi connectivity index (χ1n) is 5.04. The Bertz CT molecular complexity index is 626. The van der Waals surface area contributed by atoms with Crippen LogP contribution < -0.4 is 5.73 Å². The van der Waals surface area contributed by atoms with Gasteiger partial charge in [0.1, 0.15) is 0 Å². The molecule has 5 heteroatoms. The Morgan fingerprint density at radius 1 is 0.889 bits per heavy atom. The smallest absolute Gasteiger partial charge is 0.196 e. The van der Waals surface area contributed by atoms with Crippen LogP contribution in [0.4, 0.5) is 5.69 Å². The van der Waals surface area contributed by atoms with Crippen LogP contribution in [0, 0.1) is 0 Å². The molecule has 0 atom stereocenters. The summed E-state index contributed by atoms with van der Waals surface area (Å²) in [6, 6.07) is 9.40. The molecule has 2 aromatic rings. The average molecular weight is 301 g/mol. The fourth-order valence-electron chi connectivity index (χ4n) is 1.54. The number of benzene rings is 2. The van der Waals surface area contributed by atoms with E-state index in [4.69, 9.17) is 40.5 Å². The molecule has 2 rings (SSSR count). The molecule has 2 N–H and O–H groups in total. The molecule has 18 heavy (non-hydrogen) atoms. The molecular formula is C13H8Cl3NO. The third-order valence-corrected chi connectivity index (χ3v) is 3.22. The quantitative estimate of drug-likeness (QED) is 0.657. The number of nitrogen functional groups attached to an aromatic ring is 1. The highest BCUT2D eigenvalue weighted by atomic mass is 35.5. The molecule has 0 fully saturated rings. The normalized spacial score (nSPS) is 10.4. The van der Waals surface area contributed by atoms with Crippen LogP contribution in [0.15, 0.2) is 36.4 Å². The lowest BCUT2D eigenvalue weighted by Gasteiger charge is -2.07. The van der Waals surface area contributed by atoms with E-state index in [0.29, 0.717) is 26.9 Å². The van der Waals surface area contributed by atoms with Gasteiger partial charge in [-0.2, -0.15) is 0 Å². The molecule has 0 aliphatic carbocycles. The van der Waals surface area contributed by atoms with E-state index in [-0.39, 0.29) is 10.8 Å². The standard InChI is InChI=1S/C13H8Cl3NO/c14-7-2-4-12(17)10(5-7)13(18)9-3-1-8(15)6-11(9)16/h1-6H,17H2. The summed E-state index contributed by atoms with van der Waals surface area (Å²) in [6.07, 6.45) is 0. The van der Waals surface area contributed by atoms with Crippen molar-refractivity contribution in [2.45, 2.75) is 0 Å². The number of carbonyl (C=O) groups is 1. The molecule has 0 aromatic heterocycles. The highest BCUT2D eigenvalue weighted by molar-refractivity contribution is 6.38. The molecule has 2 nitrogen and oxygen atoms in total. The zero-order valence-electron chi connectivity index (χ0n) is 9.08. The predicted octanol–water partition coefficient (Wildman–Crippen LogP) is 4.46. The number of hydrogen-bond donors (Lipinski definition) is 1. The van der Waals surface area contributed by atoms with Crippen LogP contribution in [0.1, 0.15) is 15.9 Å². The Labute approximate surface area is 119 Å². The Morgan fingerprint density at radius 2 is 1.50 bits per heavy atom. The van der Waals surface area contributed by atoms with Crippen molar-refractivity contribution in [2.24, 2.45) is 0 Å². The Hall–Kier alpha value is -1.22. The van der Waals surface area contributed by atoms with Gasteiger partial charge in [0.25, 0.3) is 0 Å². The minimum Gasteiger partial charge on any atom is -0.398 e. The van der Waals surface area contributed by atoms with Crippen LogP contribution in [0.25, 0.3) is 0 Å². The fraction of sp³-hybridized carbons (Fsp3) is 0. The number of carbonyl (C=O) groups excluding carboxylic acids is 1. The molecule has 0 aliphatic rings. The van der Waals surface area contributed by atoms with Crippen LogP contribution in [0.2, 0.25) is 15.1 Å². The van der Waals surface area contributed by atoms with E-state index in [9.17, 15) is 4.79 Å². The summed E-state index contributed by atoms with van der Waals surface area (Å²) in [7, 11) is 0. The minimum absolute atomic E-state index is 0.281. The van der Waals surface area contributed by atoms with Gasteiger partial charge in [0, 0.05) is 26.9 Å². The molecule has 0 amide bonds. The van der Waals surface area contributed by atoms with Crippen LogP contribution in [0.5, 0.6) is 0 Å². The number of ketones is 1. The van der Waals surface area contributed by atoms with Gasteiger partial charge >= 0.3 is 0 Å². The second kappa shape index (κ2) is 5.19. The third-order valence-electron chi connectivity index (χ3n) is 2.44. The SMILES string of the molecule is Nc1ccc(Cl)cc1C(=O)c1ccc(Cl)cc1Cl. The number of halogens is 3. The van der Waals surface area contributed by atoms with Gasteiger partial charge in [-0.05, 0) is 36.4 Å². The lowest BCUT2D eigenvalue weighted by Crippen LogP contribution is -2.06. The maximum atomic E-state index is 12.3. The van der Waals surface area contributed by atoms with Gasteiger partial charge in [-0.1, -0.05) is 34.8 Å². The molecule has 92 valence electrons. The van der Waals surface area contributed by atoms with Crippen molar-refractivity contribution in [1.29, 1.82) is 0 Å². The molecule has 0 heterocycles. The van der Waals surface area contributed by atoms with Gasteiger partial charge in [0.2, 0.25) is 0 Å². The summed E-state index contributed by atoms with van der Waals surface area (Å²) >= 11 is 17.6. The van der Waals surface area contributed by atoms with E-state index in [1.54, 1.807) is 24.3 Å². The van der Waals surface area contributed by atoms with Gasteiger partial charge < -0.3 is 5.73 Å². The van der Waals surface area contributed by atoms with E-state index in [0.717, 1.165) is 0 Å². The molecule has 0 saturated heterocycles. The summed E-state index contributed by atoms with van der Waals surface area (Å²) in [4.78, 5) is 12.3. The summed E-state index contributed by atoms with van der Waals surface area (Å²) < 4.78 is 0.